The Labute approximate surface area is 87.1 Å². The standard InChI is InChI=1S/C8H14N2OS2/c1-6(2)10-7-12-5-8(3,13-7)4-9-11/h4,6,11H,5H2,1-3H3/b9-4+,10-7?. The van der Waals surface area contributed by atoms with Gasteiger partial charge in [0.05, 0.1) is 11.0 Å². The SMILES string of the molecule is CC(C)N=C1SCC(C)(/C=N/O)S1. The molecule has 0 aromatic carbocycles. The van der Waals surface area contributed by atoms with Crippen molar-refractivity contribution >= 4 is 34.1 Å². The monoisotopic (exact) mass is 218 g/mol. The van der Waals surface area contributed by atoms with Crippen LogP contribution < -0.4 is 0 Å². The molecule has 1 aliphatic heterocycles. The summed E-state index contributed by atoms with van der Waals surface area (Å²) in [5.74, 6) is 0.924. The highest BCUT2D eigenvalue weighted by molar-refractivity contribution is 8.42. The van der Waals surface area contributed by atoms with E-state index in [1.165, 1.54) is 0 Å². The minimum atomic E-state index is -0.0901. The summed E-state index contributed by atoms with van der Waals surface area (Å²) in [6.07, 6.45) is 1.58. The zero-order valence-electron chi connectivity index (χ0n) is 8.02. The number of hydrogen-bond donors (Lipinski definition) is 1. The summed E-state index contributed by atoms with van der Waals surface area (Å²) in [5.41, 5.74) is 0. The lowest BCUT2D eigenvalue weighted by atomic mass is 10.2. The van der Waals surface area contributed by atoms with Gasteiger partial charge in [-0.1, -0.05) is 23.5 Å². The van der Waals surface area contributed by atoms with Gasteiger partial charge in [0.2, 0.25) is 0 Å². The van der Waals surface area contributed by atoms with Crippen LogP contribution in [-0.2, 0) is 0 Å². The van der Waals surface area contributed by atoms with E-state index in [0.29, 0.717) is 6.04 Å². The number of aliphatic imine (C=N–C) groups is 1. The highest BCUT2D eigenvalue weighted by Crippen LogP contribution is 2.40. The fraction of sp³-hybridized carbons (Fsp3) is 0.750. The maximum absolute atomic E-state index is 8.47. The van der Waals surface area contributed by atoms with Crippen molar-refractivity contribution in [1.82, 2.24) is 0 Å². The smallest absolute Gasteiger partial charge is 0.125 e. The van der Waals surface area contributed by atoms with Crippen LogP contribution in [0.3, 0.4) is 0 Å². The van der Waals surface area contributed by atoms with Crippen LogP contribution in [0.2, 0.25) is 0 Å². The van der Waals surface area contributed by atoms with E-state index >= 15 is 0 Å². The number of oxime groups is 1. The average Bonchev–Trinajstić information content (AvgIpc) is 2.31. The summed E-state index contributed by atoms with van der Waals surface area (Å²) in [6, 6.07) is 0.336. The molecule has 0 bridgehead atoms. The van der Waals surface area contributed by atoms with Crippen LogP contribution in [0.5, 0.6) is 0 Å². The third-order valence-electron chi connectivity index (χ3n) is 1.50. The molecule has 74 valence electrons. The van der Waals surface area contributed by atoms with Crippen molar-refractivity contribution in [3.8, 4) is 0 Å². The van der Waals surface area contributed by atoms with Gasteiger partial charge in [-0.2, -0.15) is 0 Å². The lowest BCUT2D eigenvalue weighted by molar-refractivity contribution is 0.320. The molecule has 0 amide bonds. The molecule has 1 fully saturated rings. The van der Waals surface area contributed by atoms with Crippen molar-refractivity contribution in [3.63, 3.8) is 0 Å². The Bertz CT molecular complexity index is 240. The van der Waals surface area contributed by atoms with E-state index in [2.05, 4.69) is 24.0 Å². The van der Waals surface area contributed by atoms with Crippen LogP contribution >= 0.6 is 23.5 Å². The maximum Gasteiger partial charge on any atom is 0.125 e. The van der Waals surface area contributed by atoms with E-state index in [0.717, 1.165) is 10.1 Å². The van der Waals surface area contributed by atoms with Gasteiger partial charge in [-0.25, -0.2) is 0 Å². The van der Waals surface area contributed by atoms with E-state index in [-0.39, 0.29) is 4.75 Å². The van der Waals surface area contributed by atoms with E-state index in [4.69, 9.17) is 5.21 Å². The van der Waals surface area contributed by atoms with Crippen LogP contribution in [0.4, 0.5) is 0 Å². The molecule has 1 N–H and O–H groups in total. The molecule has 0 aliphatic carbocycles. The van der Waals surface area contributed by atoms with Crippen molar-refractivity contribution in [2.45, 2.75) is 31.6 Å². The maximum atomic E-state index is 8.47. The van der Waals surface area contributed by atoms with Gasteiger partial charge in [0, 0.05) is 11.8 Å². The Hall–Kier alpha value is -0.160. The van der Waals surface area contributed by atoms with Gasteiger partial charge < -0.3 is 5.21 Å². The van der Waals surface area contributed by atoms with E-state index in [9.17, 15) is 0 Å². The quantitative estimate of drug-likeness (QED) is 0.440. The fourth-order valence-electron chi connectivity index (χ4n) is 0.924. The second kappa shape index (κ2) is 4.37. The molecule has 0 aromatic heterocycles. The second-order valence-electron chi connectivity index (χ2n) is 3.44. The van der Waals surface area contributed by atoms with Gasteiger partial charge in [0.1, 0.15) is 4.38 Å². The number of nitrogens with zero attached hydrogens (tertiary/aromatic N) is 2. The van der Waals surface area contributed by atoms with Crippen molar-refractivity contribution in [3.05, 3.63) is 0 Å². The topological polar surface area (TPSA) is 45.0 Å². The molecular formula is C8H14N2OS2. The fourth-order valence-corrected chi connectivity index (χ4v) is 3.85. The average molecular weight is 218 g/mol. The summed E-state index contributed by atoms with van der Waals surface area (Å²) in [5, 5.41) is 11.6. The molecule has 1 heterocycles. The number of thioether (sulfide) groups is 2. The molecule has 13 heavy (non-hydrogen) atoms. The highest BCUT2D eigenvalue weighted by atomic mass is 32.2. The predicted molar refractivity (Wildman–Crippen MR) is 61.3 cm³/mol. The highest BCUT2D eigenvalue weighted by Gasteiger charge is 2.33. The Kier molecular flexibility index (Phi) is 3.67. The van der Waals surface area contributed by atoms with Gasteiger partial charge in [-0.3, -0.25) is 4.99 Å². The van der Waals surface area contributed by atoms with Gasteiger partial charge in [0.25, 0.3) is 0 Å². The zero-order chi connectivity index (χ0) is 9.90. The molecule has 0 aromatic rings. The Balaban J connectivity index is 2.63. The molecule has 1 aliphatic rings. The van der Waals surface area contributed by atoms with E-state index in [1.54, 1.807) is 29.7 Å². The Morgan fingerprint density at radius 2 is 2.31 bits per heavy atom. The Morgan fingerprint density at radius 3 is 2.85 bits per heavy atom. The van der Waals surface area contributed by atoms with Crippen LogP contribution in [0.1, 0.15) is 20.8 Å². The molecule has 1 atom stereocenters. The molecular weight excluding hydrogens is 204 g/mol. The van der Waals surface area contributed by atoms with Crippen molar-refractivity contribution in [1.29, 1.82) is 0 Å². The second-order valence-corrected chi connectivity index (χ2v) is 6.18. The van der Waals surface area contributed by atoms with Crippen LogP contribution in [0.25, 0.3) is 0 Å². The molecule has 5 heteroatoms. The number of hydrogen-bond acceptors (Lipinski definition) is 5. The molecule has 1 saturated heterocycles. The lowest BCUT2D eigenvalue weighted by Gasteiger charge is -2.12. The molecule has 3 nitrogen and oxygen atoms in total. The minimum Gasteiger partial charge on any atom is -0.411 e. The molecule has 0 spiro atoms. The van der Waals surface area contributed by atoms with E-state index < -0.39 is 0 Å². The third kappa shape index (κ3) is 3.23. The van der Waals surface area contributed by atoms with Crippen molar-refractivity contribution in [2.24, 2.45) is 10.1 Å². The largest absolute Gasteiger partial charge is 0.411 e. The summed E-state index contributed by atoms with van der Waals surface area (Å²) < 4.78 is 1.00. The zero-order valence-corrected chi connectivity index (χ0v) is 9.65. The van der Waals surface area contributed by atoms with Gasteiger partial charge in [-0.05, 0) is 20.8 Å². The van der Waals surface area contributed by atoms with E-state index in [1.807, 2.05) is 6.92 Å². The summed E-state index contributed by atoms with van der Waals surface area (Å²) in [7, 11) is 0. The first-order chi connectivity index (χ1) is 6.06. The minimum absolute atomic E-state index is 0.0901. The summed E-state index contributed by atoms with van der Waals surface area (Å²) in [6.45, 7) is 6.17. The predicted octanol–water partition coefficient (Wildman–Crippen LogP) is 2.45. The molecule has 1 unspecified atom stereocenters. The van der Waals surface area contributed by atoms with Crippen LogP contribution in [-0.4, -0.2) is 32.3 Å². The van der Waals surface area contributed by atoms with Crippen LogP contribution in [0.15, 0.2) is 10.1 Å². The first-order valence-electron chi connectivity index (χ1n) is 4.14. The Morgan fingerprint density at radius 1 is 1.62 bits per heavy atom. The van der Waals surface area contributed by atoms with Gasteiger partial charge in [-0.15, -0.1) is 5.16 Å². The summed E-state index contributed by atoms with van der Waals surface area (Å²) in [4.78, 5) is 4.45. The lowest BCUT2D eigenvalue weighted by Crippen LogP contribution is -2.21. The van der Waals surface area contributed by atoms with Gasteiger partial charge >= 0.3 is 0 Å². The van der Waals surface area contributed by atoms with Gasteiger partial charge in [0.15, 0.2) is 0 Å². The molecule has 0 radical (unpaired) electrons. The first kappa shape index (κ1) is 10.9. The van der Waals surface area contributed by atoms with Crippen molar-refractivity contribution in [2.75, 3.05) is 5.75 Å². The summed E-state index contributed by atoms with van der Waals surface area (Å²) >= 11 is 3.40. The molecule has 1 rings (SSSR count). The van der Waals surface area contributed by atoms with Crippen LogP contribution in [0, 0.1) is 0 Å². The third-order valence-corrected chi connectivity index (χ3v) is 4.38. The number of rotatable bonds is 2. The first-order valence-corrected chi connectivity index (χ1v) is 5.94. The molecule has 0 saturated carbocycles. The normalized spacial score (nSPS) is 32.5. The van der Waals surface area contributed by atoms with Crippen molar-refractivity contribution < 1.29 is 5.21 Å².